The number of benzene rings is 1. The molecule has 0 aromatic heterocycles. The smallest absolute Gasteiger partial charge is 0.226 e. The molecule has 5 heteroatoms. The molecule has 4 nitrogen and oxygen atoms in total. The van der Waals surface area contributed by atoms with Crippen LogP contribution < -0.4 is 10.1 Å². The Hall–Kier alpha value is -1.26. The van der Waals surface area contributed by atoms with Crippen molar-refractivity contribution in [3.63, 3.8) is 0 Å². The molecule has 24 heavy (non-hydrogen) atoms. The van der Waals surface area contributed by atoms with Gasteiger partial charge in [-0.05, 0) is 36.6 Å². The summed E-state index contributed by atoms with van der Waals surface area (Å²) in [6.45, 7) is 10.7. The highest BCUT2D eigenvalue weighted by atomic mass is 35.5. The quantitative estimate of drug-likeness (QED) is 0.776. The molecular weight excluding hydrogens is 324 g/mol. The fraction of sp³-hybridized carbons (Fsp3) is 0.632. The van der Waals surface area contributed by atoms with Gasteiger partial charge < -0.3 is 15.0 Å². The van der Waals surface area contributed by atoms with Crippen molar-refractivity contribution in [1.82, 2.24) is 10.2 Å². The monoisotopic (exact) mass is 356 g/mol. The van der Waals surface area contributed by atoms with E-state index < -0.39 is 0 Å². The van der Waals surface area contributed by atoms with Gasteiger partial charge >= 0.3 is 0 Å². The van der Waals surface area contributed by atoms with Gasteiger partial charge in [0.1, 0.15) is 5.75 Å². The van der Waals surface area contributed by atoms with Crippen LogP contribution in [0.1, 0.15) is 33.3 Å². The summed E-state index contributed by atoms with van der Waals surface area (Å²) in [7, 11) is 3.55. The van der Waals surface area contributed by atoms with E-state index >= 15 is 0 Å². The third kappa shape index (κ3) is 8.02. The molecule has 0 aliphatic rings. The highest BCUT2D eigenvalue weighted by molar-refractivity contribution is 5.85. The Balaban J connectivity index is 0.00000529. The largest absolute Gasteiger partial charge is 0.497 e. The van der Waals surface area contributed by atoms with Gasteiger partial charge in [0, 0.05) is 25.6 Å². The van der Waals surface area contributed by atoms with Crippen molar-refractivity contribution in [2.45, 2.75) is 34.1 Å². The standard InChI is InChI=1S/C19H32N2O2.ClH/c1-15(13-20-5)18(22)21(14-19(2,3)4)12-11-16-7-9-17(23-6)10-8-16;/h7-10,15,20H,11-14H2,1-6H3;1H. The number of carbonyl (C=O) groups is 1. The zero-order valence-corrected chi connectivity index (χ0v) is 16.7. The van der Waals surface area contributed by atoms with Gasteiger partial charge in [0.05, 0.1) is 7.11 Å². The molecule has 1 aromatic rings. The summed E-state index contributed by atoms with van der Waals surface area (Å²) in [5, 5.41) is 3.09. The Morgan fingerprint density at radius 3 is 2.29 bits per heavy atom. The summed E-state index contributed by atoms with van der Waals surface area (Å²) in [6, 6.07) is 8.06. The van der Waals surface area contributed by atoms with Crippen LogP contribution in [0.3, 0.4) is 0 Å². The second-order valence-corrected chi connectivity index (χ2v) is 7.38. The Morgan fingerprint density at radius 2 is 1.83 bits per heavy atom. The van der Waals surface area contributed by atoms with Crippen LogP contribution in [0.5, 0.6) is 5.75 Å². The molecule has 1 aromatic carbocycles. The topological polar surface area (TPSA) is 41.6 Å². The zero-order chi connectivity index (χ0) is 17.5. The molecular formula is C19H33ClN2O2. The molecule has 0 aliphatic carbocycles. The van der Waals surface area contributed by atoms with E-state index in [0.29, 0.717) is 6.54 Å². The predicted molar refractivity (Wildman–Crippen MR) is 103 cm³/mol. The number of nitrogens with one attached hydrogen (secondary N) is 1. The summed E-state index contributed by atoms with van der Waals surface area (Å²) in [5.74, 6) is 1.08. The van der Waals surface area contributed by atoms with Gasteiger partial charge in [-0.3, -0.25) is 4.79 Å². The van der Waals surface area contributed by atoms with E-state index in [1.54, 1.807) is 7.11 Å². The van der Waals surface area contributed by atoms with E-state index in [9.17, 15) is 4.79 Å². The van der Waals surface area contributed by atoms with Crippen molar-refractivity contribution >= 4 is 18.3 Å². The number of hydrogen-bond donors (Lipinski definition) is 1. The van der Waals surface area contributed by atoms with E-state index in [1.165, 1.54) is 5.56 Å². The Bertz CT molecular complexity index is 483. The molecule has 1 atom stereocenters. The van der Waals surface area contributed by atoms with Crippen molar-refractivity contribution < 1.29 is 9.53 Å². The molecule has 0 heterocycles. The first-order chi connectivity index (χ1) is 10.8. The van der Waals surface area contributed by atoms with E-state index in [1.807, 2.05) is 31.0 Å². The Kier molecular flexibility index (Phi) is 10.0. The van der Waals surface area contributed by atoms with Crippen LogP contribution in [-0.2, 0) is 11.2 Å². The Morgan fingerprint density at radius 1 is 1.25 bits per heavy atom. The second kappa shape index (κ2) is 10.6. The number of rotatable bonds is 8. The average molecular weight is 357 g/mol. The zero-order valence-electron chi connectivity index (χ0n) is 15.9. The maximum absolute atomic E-state index is 12.7. The summed E-state index contributed by atoms with van der Waals surface area (Å²) in [4.78, 5) is 14.7. The number of amides is 1. The third-order valence-corrected chi connectivity index (χ3v) is 3.74. The van der Waals surface area contributed by atoms with Gasteiger partial charge in [-0.15, -0.1) is 12.4 Å². The molecule has 0 saturated heterocycles. The lowest BCUT2D eigenvalue weighted by Crippen LogP contribution is -2.43. The average Bonchev–Trinajstić information content (AvgIpc) is 2.50. The maximum Gasteiger partial charge on any atom is 0.226 e. The SMILES string of the molecule is CNCC(C)C(=O)N(CCc1ccc(OC)cc1)CC(C)(C)C.Cl. The number of ether oxygens (including phenoxy) is 1. The first-order valence-electron chi connectivity index (χ1n) is 8.33. The van der Waals surface area contributed by atoms with E-state index in [-0.39, 0.29) is 29.6 Å². The summed E-state index contributed by atoms with van der Waals surface area (Å²) in [6.07, 6.45) is 0.859. The van der Waals surface area contributed by atoms with Gasteiger partial charge in [-0.2, -0.15) is 0 Å². The van der Waals surface area contributed by atoms with Crippen molar-refractivity contribution in [2.24, 2.45) is 11.3 Å². The minimum absolute atomic E-state index is 0. The van der Waals surface area contributed by atoms with Crippen molar-refractivity contribution in [2.75, 3.05) is 33.8 Å². The summed E-state index contributed by atoms with van der Waals surface area (Å²) < 4.78 is 5.19. The van der Waals surface area contributed by atoms with Gasteiger partial charge in [0.2, 0.25) is 5.91 Å². The minimum atomic E-state index is -0.00165. The van der Waals surface area contributed by atoms with Crippen LogP contribution in [-0.4, -0.2) is 44.6 Å². The molecule has 0 spiro atoms. The first-order valence-corrected chi connectivity index (χ1v) is 8.33. The molecule has 0 aliphatic heterocycles. The van der Waals surface area contributed by atoms with Crippen LogP contribution in [0.2, 0.25) is 0 Å². The summed E-state index contributed by atoms with van der Waals surface area (Å²) in [5.41, 5.74) is 1.31. The van der Waals surface area contributed by atoms with Crippen LogP contribution in [0.25, 0.3) is 0 Å². The molecule has 1 amide bonds. The highest BCUT2D eigenvalue weighted by Gasteiger charge is 2.24. The first kappa shape index (κ1) is 22.7. The number of halogens is 1. The fourth-order valence-electron chi connectivity index (χ4n) is 2.60. The highest BCUT2D eigenvalue weighted by Crippen LogP contribution is 2.18. The minimum Gasteiger partial charge on any atom is -0.497 e. The molecule has 0 bridgehead atoms. The van der Waals surface area contributed by atoms with Crippen LogP contribution in [0, 0.1) is 11.3 Å². The van der Waals surface area contributed by atoms with Gasteiger partial charge in [-0.25, -0.2) is 0 Å². The Labute approximate surface area is 153 Å². The molecule has 1 unspecified atom stereocenters. The molecule has 1 rings (SSSR count). The molecule has 0 saturated carbocycles. The number of carbonyl (C=O) groups excluding carboxylic acids is 1. The van der Waals surface area contributed by atoms with Crippen LogP contribution >= 0.6 is 12.4 Å². The van der Waals surface area contributed by atoms with E-state index in [2.05, 4.69) is 38.2 Å². The van der Waals surface area contributed by atoms with Crippen molar-refractivity contribution in [3.05, 3.63) is 29.8 Å². The molecule has 0 fully saturated rings. The van der Waals surface area contributed by atoms with Crippen molar-refractivity contribution in [1.29, 1.82) is 0 Å². The molecule has 138 valence electrons. The lowest BCUT2D eigenvalue weighted by molar-refractivity contribution is -0.136. The second-order valence-electron chi connectivity index (χ2n) is 7.38. The van der Waals surface area contributed by atoms with Crippen LogP contribution in [0.4, 0.5) is 0 Å². The van der Waals surface area contributed by atoms with Gasteiger partial charge in [0.15, 0.2) is 0 Å². The van der Waals surface area contributed by atoms with Gasteiger partial charge in [0.25, 0.3) is 0 Å². The maximum atomic E-state index is 12.7. The predicted octanol–water partition coefficient (Wildman–Crippen LogP) is 3.39. The summed E-state index contributed by atoms with van der Waals surface area (Å²) >= 11 is 0. The number of methoxy groups -OCH3 is 1. The van der Waals surface area contributed by atoms with Gasteiger partial charge in [-0.1, -0.05) is 39.8 Å². The lowest BCUT2D eigenvalue weighted by Gasteiger charge is -2.32. The van der Waals surface area contributed by atoms with E-state index in [0.717, 1.165) is 25.3 Å². The number of hydrogen-bond acceptors (Lipinski definition) is 3. The normalized spacial score (nSPS) is 12.2. The van der Waals surface area contributed by atoms with E-state index in [4.69, 9.17) is 4.74 Å². The van der Waals surface area contributed by atoms with Crippen LogP contribution in [0.15, 0.2) is 24.3 Å². The lowest BCUT2D eigenvalue weighted by atomic mass is 9.95. The fourth-order valence-corrected chi connectivity index (χ4v) is 2.60. The molecule has 0 radical (unpaired) electrons. The third-order valence-electron chi connectivity index (χ3n) is 3.74. The van der Waals surface area contributed by atoms with Crippen molar-refractivity contribution in [3.8, 4) is 5.75 Å². The molecule has 1 N–H and O–H groups in total. The number of nitrogens with zero attached hydrogens (tertiary/aromatic N) is 1.